The summed E-state index contributed by atoms with van der Waals surface area (Å²) in [5.74, 6) is -0.341. The molecule has 7 nitrogen and oxygen atoms in total. The van der Waals surface area contributed by atoms with Crippen molar-refractivity contribution in [1.29, 1.82) is 0 Å². The van der Waals surface area contributed by atoms with E-state index in [1.54, 1.807) is 12.1 Å². The van der Waals surface area contributed by atoms with Crippen LogP contribution in [-0.2, 0) is 15.8 Å². The van der Waals surface area contributed by atoms with Gasteiger partial charge in [0.1, 0.15) is 17.3 Å². The van der Waals surface area contributed by atoms with Crippen LogP contribution in [-0.4, -0.2) is 29.1 Å². The number of benzene rings is 1. The summed E-state index contributed by atoms with van der Waals surface area (Å²) in [6.07, 6.45) is -2.03. The number of hydrogen-bond acceptors (Lipinski definition) is 5. The minimum Gasteiger partial charge on any atom is -0.493 e. The molecule has 2 aromatic rings. The van der Waals surface area contributed by atoms with E-state index in [1.807, 2.05) is 6.92 Å². The molecular weight excluding hydrogens is 449 g/mol. The van der Waals surface area contributed by atoms with Crippen molar-refractivity contribution in [2.75, 3.05) is 11.9 Å². The van der Waals surface area contributed by atoms with Gasteiger partial charge in [0.25, 0.3) is 5.91 Å². The maximum Gasteiger partial charge on any atom is 0.419 e. The second-order valence-electron chi connectivity index (χ2n) is 8.73. The summed E-state index contributed by atoms with van der Waals surface area (Å²) in [5, 5.41) is 6.28. The average molecular weight is 476 g/mol. The first kappa shape index (κ1) is 25.2. The van der Waals surface area contributed by atoms with Crippen LogP contribution in [0.25, 0.3) is 11.1 Å². The van der Waals surface area contributed by atoms with E-state index >= 15 is 0 Å². The molecular formula is C24H27F3N4O3. The molecule has 3 rings (SSSR count). The Morgan fingerprint density at radius 3 is 2.53 bits per heavy atom. The van der Waals surface area contributed by atoms with Gasteiger partial charge in [0.2, 0.25) is 5.91 Å². The fourth-order valence-electron chi connectivity index (χ4n) is 3.67. The Balaban J connectivity index is 1.80. The van der Waals surface area contributed by atoms with E-state index in [2.05, 4.69) is 34.7 Å². The summed E-state index contributed by atoms with van der Waals surface area (Å²) < 4.78 is 46.8. The number of ether oxygens (including phenoxy) is 1. The Morgan fingerprint density at radius 2 is 1.88 bits per heavy atom. The molecule has 0 saturated heterocycles. The molecule has 2 amide bonds. The minimum atomic E-state index is -4.60. The Bertz CT molecular complexity index is 1080. The molecule has 2 heterocycles. The molecule has 0 saturated carbocycles. The van der Waals surface area contributed by atoms with Gasteiger partial charge in [0.05, 0.1) is 12.2 Å². The van der Waals surface area contributed by atoms with Crippen LogP contribution in [0.4, 0.5) is 19.0 Å². The molecule has 1 aliphatic rings. The van der Waals surface area contributed by atoms with Crippen molar-refractivity contribution in [3.63, 3.8) is 0 Å². The number of halogens is 3. The summed E-state index contributed by atoms with van der Waals surface area (Å²) >= 11 is 0. The third-order valence-electron chi connectivity index (χ3n) is 5.18. The first-order valence-electron chi connectivity index (χ1n) is 11.0. The van der Waals surface area contributed by atoms with Crippen molar-refractivity contribution in [3.05, 3.63) is 42.1 Å². The fraction of sp³-hybridized carbons (Fsp3) is 0.417. The van der Waals surface area contributed by atoms with Crippen LogP contribution in [0.2, 0.25) is 0 Å². The Kier molecular flexibility index (Phi) is 7.90. The van der Waals surface area contributed by atoms with Crippen LogP contribution >= 0.6 is 0 Å². The van der Waals surface area contributed by atoms with Crippen LogP contribution in [0.1, 0.15) is 45.6 Å². The molecule has 1 unspecified atom stereocenters. The fourth-order valence-corrected chi connectivity index (χ4v) is 3.67. The molecule has 1 aliphatic heterocycles. The lowest BCUT2D eigenvalue weighted by molar-refractivity contribution is -0.139. The van der Waals surface area contributed by atoms with Gasteiger partial charge in [0, 0.05) is 19.0 Å². The molecule has 0 radical (unpaired) electrons. The number of alkyl halides is 3. The third kappa shape index (κ3) is 6.79. The summed E-state index contributed by atoms with van der Waals surface area (Å²) in [4.78, 5) is 27.6. The number of hydrogen-bond donors (Lipinski definition) is 2. The van der Waals surface area contributed by atoms with Gasteiger partial charge in [-0.25, -0.2) is 10.4 Å². The quantitative estimate of drug-likeness (QED) is 0.559. The second-order valence-corrected chi connectivity index (χ2v) is 8.73. The summed E-state index contributed by atoms with van der Waals surface area (Å²) in [7, 11) is 0. The minimum absolute atomic E-state index is 0.120. The van der Waals surface area contributed by atoms with Crippen LogP contribution in [0.3, 0.4) is 0 Å². The number of amides is 2. The Hall–Kier alpha value is -3.43. The van der Waals surface area contributed by atoms with E-state index in [4.69, 9.17) is 4.74 Å². The topological polar surface area (TPSA) is 92.7 Å². The van der Waals surface area contributed by atoms with Crippen molar-refractivity contribution in [1.82, 2.24) is 10.4 Å². The zero-order chi connectivity index (χ0) is 24.9. The standard InChI is InChI=1S/C24H27F3N4O3/c1-14(2)10-15(3)13-34-20-6-4-16(11-18(20)24(25,26)27)17-8-9-28-21(12-17)29-23(33)19-5-7-22(32)31-30-19/h4,6,8-9,11-12,14-15H,5,7,10,13H2,1-3H3,(H,31,32)(H,28,29,33). The molecule has 0 aliphatic carbocycles. The molecule has 0 spiro atoms. The van der Waals surface area contributed by atoms with E-state index in [-0.39, 0.29) is 48.6 Å². The van der Waals surface area contributed by atoms with Gasteiger partial charge in [-0.05, 0) is 53.6 Å². The average Bonchev–Trinajstić information content (AvgIpc) is 2.77. The Morgan fingerprint density at radius 1 is 1.15 bits per heavy atom. The molecule has 1 aromatic carbocycles. The molecule has 0 fully saturated rings. The van der Waals surface area contributed by atoms with Crippen molar-refractivity contribution < 1.29 is 27.5 Å². The van der Waals surface area contributed by atoms with Gasteiger partial charge in [-0.1, -0.05) is 26.8 Å². The highest BCUT2D eigenvalue weighted by Crippen LogP contribution is 2.39. The number of nitrogens with one attached hydrogen (secondary N) is 2. The van der Waals surface area contributed by atoms with Crippen molar-refractivity contribution in [2.45, 2.75) is 46.2 Å². The second kappa shape index (κ2) is 10.7. The molecule has 182 valence electrons. The zero-order valence-corrected chi connectivity index (χ0v) is 19.2. The molecule has 1 aromatic heterocycles. The SMILES string of the molecule is CC(C)CC(C)COc1ccc(-c2ccnc(NC(=O)C3=NNC(=O)CC3)c2)cc1C(F)(F)F. The molecule has 10 heteroatoms. The van der Waals surface area contributed by atoms with E-state index in [0.29, 0.717) is 17.0 Å². The van der Waals surface area contributed by atoms with Crippen LogP contribution in [0.5, 0.6) is 5.75 Å². The highest BCUT2D eigenvalue weighted by Gasteiger charge is 2.35. The maximum atomic E-state index is 13.8. The number of hydrazone groups is 1. The summed E-state index contributed by atoms with van der Waals surface area (Å²) in [6.45, 7) is 6.24. The van der Waals surface area contributed by atoms with E-state index in [9.17, 15) is 22.8 Å². The van der Waals surface area contributed by atoms with Crippen molar-refractivity contribution in [3.8, 4) is 16.9 Å². The van der Waals surface area contributed by atoms with Crippen molar-refractivity contribution >= 4 is 23.3 Å². The number of anilines is 1. The first-order chi connectivity index (χ1) is 16.0. The molecule has 34 heavy (non-hydrogen) atoms. The first-order valence-corrected chi connectivity index (χ1v) is 11.0. The maximum absolute atomic E-state index is 13.8. The smallest absolute Gasteiger partial charge is 0.419 e. The number of rotatable bonds is 8. The van der Waals surface area contributed by atoms with Crippen LogP contribution in [0.15, 0.2) is 41.6 Å². The number of nitrogens with zero attached hydrogens (tertiary/aromatic N) is 2. The number of pyridine rings is 1. The van der Waals surface area contributed by atoms with Gasteiger partial charge in [-0.3, -0.25) is 9.59 Å². The summed E-state index contributed by atoms with van der Waals surface area (Å²) in [5.41, 5.74) is 2.25. The molecule has 2 N–H and O–H groups in total. The van der Waals surface area contributed by atoms with E-state index in [1.165, 1.54) is 18.3 Å². The number of carbonyl (C=O) groups excluding carboxylic acids is 2. The lowest BCUT2D eigenvalue weighted by Gasteiger charge is -2.19. The summed E-state index contributed by atoms with van der Waals surface area (Å²) in [6, 6.07) is 6.91. The molecule has 1 atom stereocenters. The van der Waals surface area contributed by atoms with E-state index < -0.39 is 17.6 Å². The van der Waals surface area contributed by atoms with Crippen molar-refractivity contribution in [2.24, 2.45) is 16.9 Å². The number of carbonyl (C=O) groups is 2. The van der Waals surface area contributed by atoms with Gasteiger partial charge in [-0.15, -0.1) is 0 Å². The monoisotopic (exact) mass is 476 g/mol. The highest BCUT2D eigenvalue weighted by molar-refractivity contribution is 6.43. The van der Waals surface area contributed by atoms with Gasteiger partial charge >= 0.3 is 6.18 Å². The normalized spacial score (nSPS) is 14.9. The number of aromatic nitrogens is 1. The Labute approximate surface area is 195 Å². The van der Waals surface area contributed by atoms with Gasteiger partial charge in [-0.2, -0.15) is 18.3 Å². The van der Waals surface area contributed by atoms with Crippen LogP contribution < -0.4 is 15.5 Å². The lowest BCUT2D eigenvalue weighted by Crippen LogP contribution is -2.32. The largest absolute Gasteiger partial charge is 0.493 e. The zero-order valence-electron chi connectivity index (χ0n) is 19.2. The highest BCUT2D eigenvalue weighted by atomic mass is 19.4. The predicted molar refractivity (Wildman–Crippen MR) is 122 cm³/mol. The van der Waals surface area contributed by atoms with Crippen LogP contribution in [0, 0.1) is 11.8 Å². The lowest BCUT2D eigenvalue weighted by atomic mass is 9.99. The molecule has 0 bridgehead atoms. The van der Waals surface area contributed by atoms with Gasteiger partial charge in [0.15, 0.2) is 0 Å². The van der Waals surface area contributed by atoms with Gasteiger partial charge < -0.3 is 10.1 Å². The predicted octanol–water partition coefficient (Wildman–Crippen LogP) is 5.03. The van der Waals surface area contributed by atoms with E-state index in [0.717, 1.165) is 12.5 Å². The third-order valence-corrected chi connectivity index (χ3v) is 5.18.